The number of fused-ring (bicyclic) bond motifs is 1. The molecule has 2 unspecified atom stereocenters. The van der Waals surface area contributed by atoms with Crippen LogP contribution in [-0.4, -0.2) is 59.9 Å². The predicted octanol–water partition coefficient (Wildman–Crippen LogP) is 1.99. The van der Waals surface area contributed by atoms with Gasteiger partial charge in [-0.3, -0.25) is 5.43 Å². The van der Waals surface area contributed by atoms with Crippen molar-refractivity contribution in [1.29, 1.82) is 0 Å². The molecule has 4 aliphatic heterocycles. The van der Waals surface area contributed by atoms with Crippen LogP contribution in [0, 0.1) is 11.3 Å². The van der Waals surface area contributed by atoms with Crippen LogP contribution in [0.15, 0.2) is 35.4 Å². The third-order valence-corrected chi connectivity index (χ3v) is 5.85. The highest BCUT2D eigenvalue weighted by atomic mass is 32.1. The van der Waals surface area contributed by atoms with Gasteiger partial charge in [0.15, 0.2) is 5.11 Å². The number of benzene rings is 1. The summed E-state index contributed by atoms with van der Waals surface area (Å²) in [5.74, 6) is 0.530. The molecule has 0 amide bonds. The molecule has 4 aliphatic rings. The summed E-state index contributed by atoms with van der Waals surface area (Å²) in [4.78, 5) is 5.25. The second-order valence-electron chi connectivity index (χ2n) is 7.23. The SMILES string of the molecule is CCC12CN3CCN(CC(C3)/C1=N\NC(=S)Nc1ccccc1)C2. The van der Waals surface area contributed by atoms with Crippen LogP contribution >= 0.6 is 12.2 Å². The Morgan fingerprint density at radius 1 is 1.21 bits per heavy atom. The van der Waals surface area contributed by atoms with Crippen LogP contribution in [0.2, 0.25) is 0 Å². The quantitative estimate of drug-likeness (QED) is 0.649. The van der Waals surface area contributed by atoms with Crippen molar-refractivity contribution in [2.24, 2.45) is 16.4 Å². The molecule has 6 heteroatoms. The largest absolute Gasteiger partial charge is 0.331 e. The fourth-order valence-corrected chi connectivity index (χ4v) is 4.68. The first-order valence-electron chi connectivity index (χ1n) is 8.83. The Morgan fingerprint density at radius 2 is 1.88 bits per heavy atom. The Labute approximate surface area is 149 Å². The molecule has 0 aliphatic carbocycles. The normalized spacial score (nSPS) is 35.7. The highest BCUT2D eigenvalue weighted by molar-refractivity contribution is 7.80. The molecule has 0 spiro atoms. The van der Waals surface area contributed by atoms with Gasteiger partial charge in [-0.2, -0.15) is 5.10 Å². The molecule has 1 aromatic carbocycles. The number of rotatable bonds is 3. The average Bonchev–Trinajstić information content (AvgIpc) is 2.83. The summed E-state index contributed by atoms with van der Waals surface area (Å²) < 4.78 is 0. The highest BCUT2D eigenvalue weighted by Crippen LogP contribution is 2.40. The molecule has 5 nitrogen and oxygen atoms in total. The van der Waals surface area contributed by atoms with E-state index in [4.69, 9.17) is 17.3 Å². The smallest absolute Gasteiger partial charge is 0.191 e. The van der Waals surface area contributed by atoms with Gasteiger partial charge >= 0.3 is 0 Å². The maximum atomic E-state index is 5.42. The first-order valence-corrected chi connectivity index (χ1v) is 9.24. The molecule has 4 fully saturated rings. The van der Waals surface area contributed by atoms with Gasteiger partial charge in [0.05, 0.1) is 5.71 Å². The standard InChI is InChI=1S/C18H25N5S/c1-2-18-12-22-8-9-23(13-18)11-14(10-22)16(18)20-21-17(24)19-15-6-4-3-5-7-15/h3-7,14H,2,8-13H2,1H3,(H2,19,21,24)/b20-16+. The van der Waals surface area contributed by atoms with Gasteiger partial charge in [-0.15, -0.1) is 0 Å². The molecule has 24 heavy (non-hydrogen) atoms. The van der Waals surface area contributed by atoms with E-state index in [-0.39, 0.29) is 5.41 Å². The summed E-state index contributed by atoms with van der Waals surface area (Å²) in [5, 5.41) is 8.58. The molecule has 0 saturated carbocycles. The number of nitrogens with one attached hydrogen (secondary N) is 2. The van der Waals surface area contributed by atoms with Gasteiger partial charge < -0.3 is 15.1 Å². The van der Waals surface area contributed by atoms with Crippen LogP contribution in [0.3, 0.4) is 0 Å². The molecular formula is C18H25N5S. The molecule has 4 saturated heterocycles. The summed E-state index contributed by atoms with van der Waals surface area (Å²) in [6.45, 7) is 9.24. The van der Waals surface area contributed by atoms with Gasteiger partial charge in [-0.05, 0) is 30.8 Å². The van der Waals surface area contributed by atoms with E-state index in [1.807, 2.05) is 30.3 Å². The van der Waals surface area contributed by atoms with E-state index in [9.17, 15) is 0 Å². The number of hydrogen-bond donors (Lipinski definition) is 2. The summed E-state index contributed by atoms with van der Waals surface area (Å²) in [6.07, 6.45) is 1.13. The zero-order valence-corrected chi connectivity index (χ0v) is 15.0. The minimum atomic E-state index is 0.188. The van der Waals surface area contributed by atoms with E-state index in [0.717, 1.165) is 38.3 Å². The number of thiocarbonyl (C=S) groups is 1. The van der Waals surface area contributed by atoms with Crippen LogP contribution < -0.4 is 10.7 Å². The molecule has 2 N–H and O–H groups in total. The average molecular weight is 344 g/mol. The van der Waals surface area contributed by atoms with Gasteiger partial charge in [0.25, 0.3) is 0 Å². The maximum Gasteiger partial charge on any atom is 0.191 e. The number of para-hydroxylation sites is 1. The van der Waals surface area contributed by atoms with E-state index in [1.165, 1.54) is 18.8 Å². The molecule has 128 valence electrons. The van der Waals surface area contributed by atoms with Crippen LogP contribution in [0.5, 0.6) is 0 Å². The molecule has 1 aromatic rings. The van der Waals surface area contributed by atoms with Gasteiger partial charge in [0.2, 0.25) is 0 Å². The van der Waals surface area contributed by atoms with E-state index in [1.54, 1.807) is 0 Å². The van der Waals surface area contributed by atoms with Crippen molar-refractivity contribution in [1.82, 2.24) is 15.2 Å². The fraction of sp³-hybridized carbons (Fsp3) is 0.556. The second kappa shape index (κ2) is 6.43. The van der Waals surface area contributed by atoms with Crippen molar-refractivity contribution in [2.75, 3.05) is 44.6 Å². The first-order chi connectivity index (χ1) is 11.7. The highest BCUT2D eigenvalue weighted by Gasteiger charge is 2.51. The lowest BCUT2D eigenvalue weighted by Crippen LogP contribution is -2.61. The molecular weight excluding hydrogens is 318 g/mol. The van der Waals surface area contributed by atoms with E-state index < -0.39 is 0 Å². The van der Waals surface area contributed by atoms with E-state index in [2.05, 4.69) is 27.5 Å². The van der Waals surface area contributed by atoms with Gasteiger partial charge in [0, 0.05) is 56.3 Å². The van der Waals surface area contributed by atoms with Crippen molar-refractivity contribution in [2.45, 2.75) is 13.3 Å². The van der Waals surface area contributed by atoms with Crippen molar-refractivity contribution in [3.63, 3.8) is 0 Å². The van der Waals surface area contributed by atoms with Crippen LogP contribution in [0.1, 0.15) is 13.3 Å². The molecule has 4 heterocycles. The van der Waals surface area contributed by atoms with Crippen LogP contribution in [0.4, 0.5) is 5.69 Å². The minimum Gasteiger partial charge on any atom is -0.331 e. The summed E-state index contributed by atoms with van der Waals surface area (Å²) in [5.41, 5.74) is 5.61. The topological polar surface area (TPSA) is 42.9 Å². The van der Waals surface area contributed by atoms with Crippen molar-refractivity contribution in [3.8, 4) is 0 Å². The third kappa shape index (κ3) is 2.94. The van der Waals surface area contributed by atoms with Gasteiger partial charge in [-0.25, -0.2) is 0 Å². The molecule has 5 rings (SSSR count). The van der Waals surface area contributed by atoms with Crippen LogP contribution in [0.25, 0.3) is 0 Å². The third-order valence-electron chi connectivity index (χ3n) is 5.66. The summed E-state index contributed by atoms with van der Waals surface area (Å²) in [6, 6.07) is 9.99. The molecule has 2 atom stereocenters. The number of hydrogen-bond acceptors (Lipinski definition) is 4. The number of hydrazone groups is 1. The lowest BCUT2D eigenvalue weighted by molar-refractivity contribution is 0.114. The summed E-state index contributed by atoms with van der Waals surface area (Å²) >= 11 is 5.42. The summed E-state index contributed by atoms with van der Waals surface area (Å²) in [7, 11) is 0. The lowest BCUT2D eigenvalue weighted by atomic mass is 9.69. The predicted molar refractivity (Wildman–Crippen MR) is 102 cm³/mol. The first kappa shape index (κ1) is 16.0. The Bertz CT molecular complexity index is 628. The van der Waals surface area contributed by atoms with Crippen LogP contribution in [-0.2, 0) is 0 Å². The monoisotopic (exact) mass is 343 g/mol. The fourth-order valence-electron chi connectivity index (χ4n) is 4.51. The van der Waals surface area contributed by atoms with Gasteiger partial charge in [0.1, 0.15) is 0 Å². The number of anilines is 1. The maximum absolute atomic E-state index is 5.42. The number of nitrogens with zero attached hydrogens (tertiary/aromatic N) is 3. The second-order valence-corrected chi connectivity index (χ2v) is 7.64. The van der Waals surface area contributed by atoms with Crippen molar-refractivity contribution in [3.05, 3.63) is 30.3 Å². The number of piperidine rings is 2. The van der Waals surface area contributed by atoms with Gasteiger partial charge in [-0.1, -0.05) is 25.1 Å². The zero-order valence-electron chi connectivity index (χ0n) is 14.2. The van der Waals surface area contributed by atoms with E-state index in [0.29, 0.717) is 11.0 Å². The molecule has 0 aromatic heterocycles. The minimum absolute atomic E-state index is 0.188. The lowest BCUT2D eigenvalue weighted by Gasteiger charge is -2.50. The Hall–Kier alpha value is -1.50. The Balaban J connectivity index is 1.50. The molecule has 0 radical (unpaired) electrons. The van der Waals surface area contributed by atoms with Crippen molar-refractivity contribution >= 4 is 28.7 Å². The Morgan fingerprint density at radius 3 is 2.50 bits per heavy atom. The zero-order chi connectivity index (χ0) is 16.6. The Kier molecular flexibility index (Phi) is 4.28. The van der Waals surface area contributed by atoms with Crippen molar-refractivity contribution < 1.29 is 0 Å². The van der Waals surface area contributed by atoms with E-state index >= 15 is 0 Å². The molecule has 4 bridgehead atoms.